The largest absolute Gasteiger partial charge is 0.330 e. The van der Waals surface area contributed by atoms with Crippen LogP contribution in [-0.2, 0) is 6.54 Å². The molecule has 7 nitrogen and oxygen atoms in total. The predicted molar refractivity (Wildman–Crippen MR) is 82.4 cm³/mol. The summed E-state index contributed by atoms with van der Waals surface area (Å²) in [6, 6.07) is 9.90. The molecule has 0 fully saturated rings. The highest BCUT2D eigenvalue weighted by Crippen LogP contribution is 2.24. The highest BCUT2D eigenvalue weighted by molar-refractivity contribution is 5.85. The van der Waals surface area contributed by atoms with Gasteiger partial charge >= 0.3 is 0 Å². The molecule has 22 heavy (non-hydrogen) atoms. The van der Waals surface area contributed by atoms with Crippen LogP contribution in [0.1, 0.15) is 18.8 Å². The van der Waals surface area contributed by atoms with E-state index in [2.05, 4.69) is 32.6 Å². The molecular weight excluding hydrogens is 304 g/mol. The fraction of sp³-hybridized carbons (Fsp3) is 0.286. The van der Waals surface area contributed by atoms with Crippen molar-refractivity contribution in [2.75, 3.05) is 6.54 Å². The van der Waals surface area contributed by atoms with Crippen LogP contribution in [0.3, 0.4) is 0 Å². The molecule has 114 valence electrons. The number of benzene rings is 1. The average molecular weight is 319 g/mol. The third-order valence-electron chi connectivity index (χ3n) is 3.60. The molecular formula is C14H15ClN6O. The van der Waals surface area contributed by atoms with E-state index in [9.17, 15) is 0 Å². The average Bonchev–Trinajstić information content (AvgIpc) is 3.15. The number of hydrogen-bond donors (Lipinski definition) is 1. The number of nitrogens with one attached hydrogen (secondary N) is 1. The Labute approximate surface area is 133 Å². The molecule has 0 radical (unpaired) electrons. The Bertz CT molecular complexity index is 769. The third-order valence-corrected chi connectivity index (χ3v) is 3.60. The first-order valence-corrected chi connectivity index (χ1v) is 6.89. The Hall–Kier alpha value is -2.25. The fourth-order valence-electron chi connectivity index (χ4n) is 2.52. The third kappa shape index (κ3) is 2.38. The number of halogens is 1. The summed E-state index contributed by atoms with van der Waals surface area (Å²) in [4.78, 5) is 4.43. The first-order chi connectivity index (χ1) is 10.3. The van der Waals surface area contributed by atoms with Gasteiger partial charge in [0, 0.05) is 18.7 Å². The fourth-order valence-corrected chi connectivity index (χ4v) is 2.52. The van der Waals surface area contributed by atoms with Crippen LogP contribution in [0, 0.1) is 0 Å². The topological polar surface area (TPSA) is 81.7 Å². The summed E-state index contributed by atoms with van der Waals surface area (Å²) in [7, 11) is 0. The van der Waals surface area contributed by atoms with Crippen molar-refractivity contribution in [1.82, 2.24) is 30.2 Å². The van der Waals surface area contributed by atoms with Gasteiger partial charge in [0.25, 0.3) is 5.89 Å². The quantitative estimate of drug-likeness (QED) is 0.779. The SMILES string of the molecule is CC1NCCn2c(-c3nc(-c4ccccc4)no3)nnc21.Cl. The molecule has 1 atom stereocenters. The van der Waals surface area contributed by atoms with Gasteiger partial charge < -0.3 is 14.4 Å². The van der Waals surface area contributed by atoms with Gasteiger partial charge in [0.15, 0.2) is 0 Å². The summed E-state index contributed by atoms with van der Waals surface area (Å²) < 4.78 is 7.39. The molecule has 3 aromatic rings. The van der Waals surface area contributed by atoms with Gasteiger partial charge in [0.2, 0.25) is 11.6 Å². The highest BCUT2D eigenvalue weighted by Gasteiger charge is 2.25. The van der Waals surface area contributed by atoms with Gasteiger partial charge in [-0.15, -0.1) is 22.6 Å². The van der Waals surface area contributed by atoms with Crippen LogP contribution >= 0.6 is 12.4 Å². The molecule has 1 aromatic carbocycles. The van der Waals surface area contributed by atoms with Gasteiger partial charge in [-0.1, -0.05) is 35.5 Å². The number of hydrogen-bond acceptors (Lipinski definition) is 6. The number of aromatic nitrogens is 5. The minimum Gasteiger partial charge on any atom is -0.330 e. The van der Waals surface area contributed by atoms with E-state index in [1.807, 2.05) is 34.9 Å². The second kappa shape index (κ2) is 5.86. The highest BCUT2D eigenvalue weighted by atomic mass is 35.5. The lowest BCUT2D eigenvalue weighted by Gasteiger charge is -2.21. The Morgan fingerprint density at radius 3 is 2.86 bits per heavy atom. The molecule has 4 rings (SSSR count). The van der Waals surface area contributed by atoms with E-state index in [-0.39, 0.29) is 18.4 Å². The molecule has 1 aliphatic rings. The monoisotopic (exact) mass is 318 g/mol. The lowest BCUT2D eigenvalue weighted by atomic mass is 10.2. The summed E-state index contributed by atoms with van der Waals surface area (Å²) in [5.74, 6) is 2.50. The second-order valence-electron chi connectivity index (χ2n) is 5.00. The van der Waals surface area contributed by atoms with Gasteiger partial charge in [0.05, 0.1) is 6.04 Å². The zero-order chi connectivity index (χ0) is 14.2. The second-order valence-corrected chi connectivity index (χ2v) is 5.00. The summed E-state index contributed by atoms with van der Waals surface area (Å²) in [5.41, 5.74) is 0.918. The summed E-state index contributed by atoms with van der Waals surface area (Å²) in [5, 5.41) is 15.8. The van der Waals surface area contributed by atoms with Crippen molar-refractivity contribution in [1.29, 1.82) is 0 Å². The molecule has 1 unspecified atom stereocenters. The lowest BCUT2D eigenvalue weighted by Crippen LogP contribution is -2.32. The van der Waals surface area contributed by atoms with Gasteiger partial charge in [-0.2, -0.15) is 4.98 Å². The van der Waals surface area contributed by atoms with E-state index in [1.165, 1.54) is 0 Å². The predicted octanol–water partition coefficient (Wildman–Crippen LogP) is 2.08. The van der Waals surface area contributed by atoms with Crippen LogP contribution < -0.4 is 5.32 Å². The van der Waals surface area contributed by atoms with E-state index in [0.717, 1.165) is 24.5 Å². The molecule has 0 bridgehead atoms. The molecule has 0 spiro atoms. The van der Waals surface area contributed by atoms with Crippen molar-refractivity contribution in [3.63, 3.8) is 0 Å². The molecule has 0 aliphatic carbocycles. The smallest absolute Gasteiger partial charge is 0.296 e. The van der Waals surface area contributed by atoms with Gasteiger partial charge in [-0.05, 0) is 6.92 Å². The Balaban J connectivity index is 0.00000144. The van der Waals surface area contributed by atoms with Crippen LogP contribution in [0.15, 0.2) is 34.9 Å². The maximum absolute atomic E-state index is 5.36. The van der Waals surface area contributed by atoms with E-state index in [1.54, 1.807) is 0 Å². The molecule has 3 heterocycles. The van der Waals surface area contributed by atoms with Crippen LogP contribution in [0.25, 0.3) is 23.1 Å². The molecule has 0 saturated carbocycles. The molecule has 0 saturated heterocycles. The maximum Gasteiger partial charge on any atom is 0.296 e. The lowest BCUT2D eigenvalue weighted by molar-refractivity contribution is 0.414. The van der Waals surface area contributed by atoms with Crippen molar-refractivity contribution in [2.24, 2.45) is 0 Å². The van der Waals surface area contributed by atoms with E-state index < -0.39 is 0 Å². The van der Waals surface area contributed by atoms with Crippen molar-refractivity contribution in [2.45, 2.75) is 19.5 Å². The number of nitrogens with zero attached hydrogens (tertiary/aromatic N) is 5. The first-order valence-electron chi connectivity index (χ1n) is 6.89. The van der Waals surface area contributed by atoms with Crippen LogP contribution in [-0.4, -0.2) is 31.4 Å². The van der Waals surface area contributed by atoms with E-state index in [0.29, 0.717) is 17.5 Å². The Morgan fingerprint density at radius 2 is 2.05 bits per heavy atom. The first kappa shape index (κ1) is 14.7. The standard InChI is InChI=1S/C14H14N6O.ClH/c1-9-12-17-18-13(20(12)8-7-15-9)14-16-11(19-21-14)10-5-3-2-4-6-10;/h2-6,9,15H,7-8H2,1H3;1H. The summed E-state index contributed by atoms with van der Waals surface area (Å²) in [6.07, 6.45) is 0. The maximum atomic E-state index is 5.36. The summed E-state index contributed by atoms with van der Waals surface area (Å²) >= 11 is 0. The van der Waals surface area contributed by atoms with Gasteiger partial charge in [-0.25, -0.2) is 0 Å². The molecule has 2 aromatic heterocycles. The van der Waals surface area contributed by atoms with Crippen molar-refractivity contribution >= 4 is 12.4 Å². The number of rotatable bonds is 2. The molecule has 1 N–H and O–H groups in total. The normalized spacial score (nSPS) is 16.9. The van der Waals surface area contributed by atoms with Crippen LogP contribution in [0.5, 0.6) is 0 Å². The van der Waals surface area contributed by atoms with Crippen LogP contribution in [0.2, 0.25) is 0 Å². The van der Waals surface area contributed by atoms with Crippen LogP contribution in [0.4, 0.5) is 0 Å². The summed E-state index contributed by atoms with van der Waals surface area (Å²) in [6.45, 7) is 3.73. The minimum absolute atomic E-state index is 0. The molecule has 1 aliphatic heterocycles. The Morgan fingerprint density at radius 1 is 1.23 bits per heavy atom. The zero-order valence-corrected chi connectivity index (χ0v) is 12.7. The van der Waals surface area contributed by atoms with Crippen molar-refractivity contribution < 1.29 is 4.52 Å². The van der Waals surface area contributed by atoms with E-state index >= 15 is 0 Å². The van der Waals surface area contributed by atoms with E-state index in [4.69, 9.17) is 4.52 Å². The molecule has 8 heteroatoms. The molecule has 0 amide bonds. The zero-order valence-electron chi connectivity index (χ0n) is 11.9. The Kier molecular flexibility index (Phi) is 3.91. The van der Waals surface area contributed by atoms with Gasteiger partial charge in [-0.3, -0.25) is 0 Å². The number of fused-ring (bicyclic) bond motifs is 1. The van der Waals surface area contributed by atoms with Gasteiger partial charge in [0.1, 0.15) is 5.82 Å². The van der Waals surface area contributed by atoms with Crippen molar-refractivity contribution in [3.8, 4) is 23.1 Å². The minimum atomic E-state index is 0. The van der Waals surface area contributed by atoms with Crippen molar-refractivity contribution in [3.05, 3.63) is 36.2 Å².